The van der Waals surface area contributed by atoms with Gasteiger partial charge < -0.3 is 24.8 Å². The Morgan fingerprint density at radius 2 is 1.33 bits per heavy atom. The molecule has 3 rings (SSSR count). The summed E-state index contributed by atoms with van der Waals surface area (Å²) in [6.07, 6.45) is -0.198. The van der Waals surface area contributed by atoms with Crippen molar-refractivity contribution in [3.63, 3.8) is 0 Å². The van der Waals surface area contributed by atoms with Crippen LogP contribution in [0.2, 0.25) is 0 Å². The van der Waals surface area contributed by atoms with E-state index < -0.39 is 29.1 Å². The smallest absolute Gasteiger partial charge is 0.408 e. The van der Waals surface area contributed by atoms with Gasteiger partial charge in [0.1, 0.15) is 25.0 Å². The molecule has 3 aromatic carbocycles. The average Bonchev–Trinajstić information content (AvgIpc) is 2.95. The van der Waals surface area contributed by atoms with Crippen LogP contribution in [-0.4, -0.2) is 35.7 Å². The molecule has 0 aliphatic carbocycles. The van der Waals surface area contributed by atoms with Crippen molar-refractivity contribution in [2.75, 3.05) is 6.54 Å². The Morgan fingerprint density at radius 3 is 1.90 bits per heavy atom. The van der Waals surface area contributed by atoms with Crippen molar-refractivity contribution >= 4 is 23.8 Å². The highest BCUT2D eigenvalue weighted by molar-refractivity contribution is 5.83. The van der Waals surface area contributed by atoms with Gasteiger partial charge in [-0.25, -0.2) is 14.4 Å². The first kappa shape index (κ1) is 28.6. The number of carbonyl (C=O) groups excluding carboxylic acids is 3. The van der Waals surface area contributed by atoms with Gasteiger partial charge in [-0.15, -0.1) is 0 Å². The van der Waals surface area contributed by atoms with Crippen molar-refractivity contribution in [3.8, 4) is 5.75 Å². The monoisotopic (exact) mass is 535 g/mol. The van der Waals surface area contributed by atoms with Crippen molar-refractivity contribution in [2.24, 2.45) is 0 Å². The summed E-state index contributed by atoms with van der Waals surface area (Å²) in [6, 6.07) is 22.3. The Bertz CT molecular complexity index is 1220. The minimum Gasteiger partial charge on any atom is -0.445 e. The number of nitrogens with one attached hydrogen (secondary N) is 2. The normalized spacial score (nSPS) is 11.1. The third-order valence-corrected chi connectivity index (χ3v) is 5.46. The lowest BCUT2D eigenvalue weighted by Gasteiger charge is -2.17. The fraction of sp³-hybridized carbons (Fsp3) is 0.250. The minimum atomic E-state index is -1.05. The first-order chi connectivity index (χ1) is 18.9. The summed E-state index contributed by atoms with van der Waals surface area (Å²) in [5.41, 5.74) is 1.50. The van der Waals surface area contributed by atoms with Crippen molar-refractivity contribution in [1.82, 2.24) is 10.6 Å². The van der Waals surface area contributed by atoms with Gasteiger partial charge in [-0.2, -0.15) is 0 Å². The summed E-state index contributed by atoms with van der Waals surface area (Å²) < 4.78 is 15.7. The van der Waals surface area contributed by atoms with Gasteiger partial charge in [0.25, 0.3) is 5.69 Å². The van der Waals surface area contributed by atoms with Crippen LogP contribution in [0.1, 0.15) is 30.4 Å². The van der Waals surface area contributed by atoms with Gasteiger partial charge in [-0.05, 0) is 42.5 Å². The number of nitrogens with zero attached hydrogens (tertiary/aromatic N) is 1. The molecular formula is C28H29N3O8. The van der Waals surface area contributed by atoms with Crippen LogP contribution < -0.4 is 15.4 Å². The number of nitro benzene ring substituents is 1. The number of alkyl carbamates (subject to hydrolysis) is 2. The third-order valence-electron chi connectivity index (χ3n) is 5.46. The second-order valence-electron chi connectivity index (χ2n) is 8.42. The van der Waals surface area contributed by atoms with Gasteiger partial charge in [-0.1, -0.05) is 60.7 Å². The molecule has 11 heteroatoms. The van der Waals surface area contributed by atoms with Crippen LogP contribution in [-0.2, 0) is 27.5 Å². The number of ether oxygens (including phenoxy) is 3. The highest BCUT2D eigenvalue weighted by Gasteiger charge is 2.24. The lowest BCUT2D eigenvalue weighted by atomic mass is 10.1. The Kier molecular flexibility index (Phi) is 11.3. The van der Waals surface area contributed by atoms with Crippen molar-refractivity contribution < 1.29 is 33.5 Å². The number of hydrogen-bond acceptors (Lipinski definition) is 8. The van der Waals surface area contributed by atoms with E-state index in [-0.39, 0.29) is 31.1 Å². The van der Waals surface area contributed by atoms with E-state index in [1.807, 2.05) is 48.5 Å². The highest BCUT2D eigenvalue weighted by atomic mass is 16.6. The fourth-order valence-corrected chi connectivity index (χ4v) is 3.42. The Hall–Kier alpha value is -4.93. The zero-order valence-corrected chi connectivity index (χ0v) is 21.1. The molecule has 0 spiro atoms. The number of non-ortho nitro benzene ring substituents is 1. The summed E-state index contributed by atoms with van der Waals surface area (Å²) in [4.78, 5) is 47.4. The standard InChI is InChI=1S/C28H29N3O8/c32-26(39-24-16-14-23(15-17-24)31(35)36)25(30-28(34)38-20-22-11-5-2-6-12-22)13-7-8-18-29-27(33)37-19-21-9-3-1-4-10-21/h1-6,9-12,14-17,25H,7-8,13,18-20H2,(H,29,33)(H,30,34)/t25-/m0/s1. The predicted octanol–water partition coefficient (Wildman–Crippen LogP) is 4.89. The molecule has 3 aromatic rings. The molecule has 0 unspecified atom stereocenters. The molecule has 39 heavy (non-hydrogen) atoms. The Balaban J connectivity index is 1.48. The molecule has 0 saturated heterocycles. The van der Waals surface area contributed by atoms with Crippen molar-refractivity contribution in [2.45, 2.75) is 38.5 Å². The van der Waals surface area contributed by atoms with Gasteiger partial charge in [0, 0.05) is 18.7 Å². The zero-order valence-electron chi connectivity index (χ0n) is 21.1. The lowest BCUT2D eigenvalue weighted by molar-refractivity contribution is -0.384. The highest BCUT2D eigenvalue weighted by Crippen LogP contribution is 2.18. The Morgan fingerprint density at radius 1 is 0.769 bits per heavy atom. The third kappa shape index (κ3) is 10.5. The largest absolute Gasteiger partial charge is 0.445 e. The summed E-state index contributed by atoms with van der Waals surface area (Å²) in [5.74, 6) is -0.659. The second kappa shape index (κ2) is 15.4. The van der Waals surface area contributed by atoms with Gasteiger partial charge in [0.2, 0.25) is 0 Å². The molecule has 0 fully saturated rings. The number of esters is 1. The van der Waals surface area contributed by atoms with Crippen LogP contribution in [0.3, 0.4) is 0 Å². The molecule has 204 valence electrons. The second-order valence-corrected chi connectivity index (χ2v) is 8.42. The van der Waals surface area contributed by atoms with Gasteiger partial charge >= 0.3 is 18.2 Å². The minimum absolute atomic E-state index is 0.0196. The molecule has 1 atom stereocenters. The summed E-state index contributed by atoms with van der Waals surface area (Å²) in [6.45, 7) is 0.472. The van der Waals surface area contributed by atoms with Crippen LogP contribution in [0.4, 0.5) is 15.3 Å². The number of hydrogen-bond donors (Lipinski definition) is 2. The van der Waals surface area contributed by atoms with Gasteiger partial charge in [0.15, 0.2) is 0 Å². The van der Waals surface area contributed by atoms with Crippen LogP contribution in [0.15, 0.2) is 84.9 Å². The van der Waals surface area contributed by atoms with E-state index >= 15 is 0 Å². The number of amides is 2. The number of nitro groups is 1. The number of unbranched alkanes of at least 4 members (excludes halogenated alkanes) is 1. The molecule has 0 radical (unpaired) electrons. The van der Waals surface area contributed by atoms with Crippen LogP contribution >= 0.6 is 0 Å². The van der Waals surface area contributed by atoms with Crippen LogP contribution in [0.5, 0.6) is 5.75 Å². The molecular weight excluding hydrogens is 506 g/mol. The molecule has 0 aromatic heterocycles. The van der Waals surface area contributed by atoms with Crippen molar-refractivity contribution in [1.29, 1.82) is 0 Å². The molecule has 0 saturated carbocycles. The maximum atomic E-state index is 12.8. The summed E-state index contributed by atoms with van der Waals surface area (Å²) in [7, 11) is 0. The zero-order chi connectivity index (χ0) is 27.9. The fourth-order valence-electron chi connectivity index (χ4n) is 3.42. The summed E-state index contributed by atoms with van der Waals surface area (Å²) in [5, 5.41) is 16.0. The number of rotatable bonds is 13. The van der Waals surface area contributed by atoms with E-state index in [0.29, 0.717) is 19.4 Å². The van der Waals surface area contributed by atoms with E-state index in [1.165, 1.54) is 24.3 Å². The van der Waals surface area contributed by atoms with Crippen molar-refractivity contribution in [3.05, 3.63) is 106 Å². The van der Waals surface area contributed by atoms with E-state index in [2.05, 4.69) is 10.6 Å². The van der Waals surface area contributed by atoms with E-state index in [1.54, 1.807) is 12.1 Å². The molecule has 0 bridgehead atoms. The molecule has 2 N–H and O–H groups in total. The average molecular weight is 536 g/mol. The van der Waals surface area contributed by atoms with Crippen LogP contribution in [0, 0.1) is 10.1 Å². The molecule has 2 amide bonds. The van der Waals surface area contributed by atoms with Gasteiger partial charge in [-0.3, -0.25) is 10.1 Å². The maximum absolute atomic E-state index is 12.8. The van der Waals surface area contributed by atoms with E-state index in [4.69, 9.17) is 14.2 Å². The Labute approximate surface area is 225 Å². The molecule has 0 aliphatic heterocycles. The maximum Gasteiger partial charge on any atom is 0.408 e. The van der Waals surface area contributed by atoms with Crippen LogP contribution in [0.25, 0.3) is 0 Å². The number of carbonyl (C=O) groups is 3. The topological polar surface area (TPSA) is 146 Å². The van der Waals surface area contributed by atoms with E-state index in [9.17, 15) is 24.5 Å². The first-order valence-corrected chi connectivity index (χ1v) is 12.3. The molecule has 0 heterocycles. The quantitative estimate of drug-likeness (QED) is 0.103. The lowest BCUT2D eigenvalue weighted by Crippen LogP contribution is -2.43. The summed E-state index contributed by atoms with van der Waals surface area (Å²) >= 11 is 0. The predicted molar refractivity (Wildman–Crippen MR) is 141 cm³/mol. The molecule has 11 nitrogen and oxygen atoms in total. The van der Waals surface area contributed by atoms with Gasteiger partial charge in [0.05, 0.1) is 4.92 Å². The van der Waals surface area contributed by atoms with E-state index in [0.717, 1.165) is 11.1 Å². The number of benzene rings is 3. The SMILES string of the molecule is O=C(NCCCC[C@H](NC(=O)OCc1ccccc1)C(=O)Oc1ccc([N+](=O)[O-])cc1)OCc1ccccc1. The molecule has 0 aliphatic rings. The first-order valence-electron chi connectivity index (χ1n) is 12.3.